The van der Waals surface area contributed by atoms with E-state index < -0.39 is 0 Å². The number of morpholine rings is 1. The van der Waals surface area contributed by atoms with E-state index in [1.165, 1.54) is 0 Å². The lowest BCUT2D eigenvalue weighted by molar-refractivity contribution is -0.0117. The third-order valence-electron chi connectivity index (χ3n) is 3.42. The molecule has 1 fully saturated rings. The Bertz CT molecular complexity index is 440. The summed E-state index contributed by atoms with van der Waals surface area (Å²) in [5, 5.41) is 3.43. The van der Waals surface area contributed by atoms with E-state index in [4.69, 9.17) is 14.2 Å². The second-order valence-corrected chi connectivity index (χ2v) is 5.16. The van der Waals surface area contributed by atoms with Gasteiger partial charge in [0.05, 0.1) is 31.6 Å². The predicted molar refractivity (Wildman–Crippen MR) is 84.5 cm³/mol. The molecule has 1 aliphatic rings. The molecule has 0 aliphatic carbocycles. The van der Waals surface area contributed by atoms with Gasteiger partial charge in [-0.05, 0) is 33.0 Å². The van der Waals surface area contributed by atoms with Crippen molar-refractivity contribution >= 4 is 5.69 Å². The largest absolute Gasteiger partial charge is 0.494 e. The van der Waals surface area contributed by atoms with Crippen LogP contribution in [0.4, 0.5) is 5.69 Å². The van der Waals surface area contributed by atoms with E-state index in [9.17, 15) is 0 Å². The van der Waals surface area contributed by atoms with Crippen molar-refractivity contribution in [1.29, 1.82) is 0 Å². The molecule has 1 heterocycles. The first-order chi connectivity index (χ1) is 10.2. The van der Waals surface area contributed by atoms with Crippen LogP contribution in [0.2, 0.25) is 0 Å². The minimum absolute atomic E-state index is 0.203. The Hall–Kier alpha value is -1.46. The molecule has 1 aliphatic heterocycles. The molecule has 1 aromatic rings. The molecule has 0 amide bonds. The molecular formula is C16H26N2O3. The summed E-state index contributed by atoms with van der Waals surface area (Å²) in [6.07, 6.45) is 0.203. The fourth-order valence-electron chi connectivity index (χ4n) is 2.40. The van der Waals surface area contributed by atoms with Crippen molar-refractivity contribution in [3.05, 3.63) is 18.2 Å². The zero-order valence-corrected chi connectivity index (χ0v) is 13.2. The van der Waals surface area contributed by atoms with Gasteiger partial charge in [0.25, 0.3) is 0 Å². The molecule has 1 N–H and O–H groups in total. The van der Waals surface area contributed by atoms with Crippen LogP contribution in [0, 0.1) is 0 Å². The Morgan fingerprint density at radius 2 is 2.10 bits per heavy atom. The molecular weight excluding hydrogens is 268 g/mol. The zero-order chi connectivity index (χ0) is 15.1. The SMILES string of the molecule is CCOc1ccc(OCC)c(NCC2CN(C)CCO2)c1. The average molecular weight is 294 g/mol. The number of benzene rings is 1. The Morgan fingerprint density at radius 3 is 2.81 bits per heavy atom. The Balaban J connectivity index is 2.00. The van der Waals surface area contributed by atoms with Gasteiger partial charge in [0.15, 0.2) is 0 Å². The highest BCUT2D eigenvalue weighted by Gasteiger charge is 2.18. The van der Waals surface area contributed by atoms with Crippen molar-refractivity contribution in [2.45, 2.75) is 20.0 Å². The third kappa shape index (κ3) is 4.79. The first kappa shape index (κ1) is 15.9. The molecule has 5 nitrogen and oxygen atoms in total. The molecule has 1 saturated heterocycles. The normalized spacial score (nSPS) is 19.3. The molecule has 0 saturated carbocycles. The molecule has 0 spiro atoms. The van der Waals surface area contributed by atoms with Crippen LogP contribution in [-0.2, 0) is 4.74 Å². The number of nitrogens with zero attached hydrogens (tertiary/aromatic N) is 1. The van der Waals surface area contributed by atoms with Gasteiger partial charge >= 0.3 is 0 Å². The van der Waals surface area contributed by atoms with Crippen LogP contribution in [0.25, 0.3) is 0 Å². The van der Waals surface area contributed by atoms with Gasteiger partial charge in [-0.15, -0.1) is 0 Å². The summed E-state index contributed by atoms with van der Waals surface area (Å²) in [5.41, 5.74) is 0.958. The number of ether oxygens (including phenoxy) is 3. The van der Waals surface area contributed by atoms with Crippen LogP contribution in [-0.4, -0.2) is 57.5 Å². The maximum absolute atomic E-state index is 5.77. The average Bonchev–Trinajstić information content (AvgIpc) is 2.48. The molecule has 1 atom stereocenters. The van der Waals surface area contributed by atoms with Crippen LogP contribution in [0.5, 0.6) is 11.5 Å². The fourth-order valence-corrected chi connectivity index (χ4v) is 2.40. The van der Waals surface area contributed by atoms with Gasteiger partial charge in [-0.2, -0.15) is 0 Å². The van der Waals surface area contributed by atoms with Crippen LogP contribution in [0.1, 0.15) is 13.8 Å². The number of likely N-dealkylation sites (N-methyl/N-ethyl adjacent to an activating group) is 1. The van der Waals surface area contributed by atoms with Crippen LogP contribution < -0.4 is 14.8 Å². The van der Waals surface area contributed by atoms with Crippen molar-refractivity contribution in [2.24, 2.45) is 0 Å². The number of anilines is 1. The Labute approximate surface area is 127 Å². The molecule has 2 rings (SSSR count). The Kier molecular flexibility index (Phi) is 6.14. The van der Waals surface area contributed by atoms with Crippen LogP contribution in [0.3, 0.4) is 0 Å². The molecule has 0 radical (unpaired) electrons. The van der Waals surface area contributed by atoms with Gasteiger partial charge < -0.3 is 24.4 Å². The lowest BCUT2D eigenvalue weighted by atomic mass is 10.2. The quantitative estimate of drug-likeness (QED) is 0.835. The van der Waals surface area contributed by atoms with E-state index in [0.29, 0.717) is 13.2 Å². The monoisotopic (exact) mass is 294 g/mol. The summed E-state index contributed by atoms with van der Waals surface area (Å²) >= 11 is 0. The molecule has 21 heavy (non-hydrogen) atoms. The van der Waals surface area contributed by atoms with E-state index >= 15 is 0 Å². The molecule has 5 heteroatoms. The fraction of sp³-hybridized carbons (Fsp3) is 0.625. The van der Waals surface area contributed by atoms with Crippen molar-refractivity contribution in [2.75, 3.05) is 51.8 Å². The Morgan fingerprint density at radius 1 is 1.29 bits per heavy atom. The highest BCUT2D eigenvalue weighted by atomic mass is 16.5. The minimum Gasteiger partial charge on any atom is -0.494 e. The van der Waals surface area contributed by atoms with E-state index in [-0.39, 0.29) is 6.10 Å². The maximum atomic E-state index is 5.77. The summed E-state index contributed by atoms with van der Waals surface area (Å²) in [5.74, 6) is 1.70. The smallest absolute Gasteiger partial charge is 0.142 e. The van der Waals surface area contributed by atoms with Gasteiger partial charge in [0.2, 0.25) is 0 Å². The van der Waals surface area contributed by atoms with Crippen molar-refractivity contribution in [3.8, 4) is 11.5 Å². The minimum atomic E-state index is 0.203. The van der Waals surface area contributed by atoms with Crippen molar-refractivity contribution in [3.63, 3.8) is 0 Å². The third-order valence-corrected chi connectivity index (χ3v) is 3.42. The standard InChI is InChI=1S/C16H26N2O3/c1-4-19-13-6-7-16(20-5-2)15(10-13)17-11-14-12-18(3)8-9-21-14/h6-7,10,14,17H,4-5,8-9,11-12H2,1-3H3. The second kappa shape index (κ2) is 8.10. The van der Waals surface area contributed by atoms with Gasteiger partial charge in [-0.25, -0.2) is 0 Å². The number of hydrogen-bond donors (Lipinski definition) is 1. The molecule has 0 aromatic heterocycles. The molecule has 0 bridgehead atoms. The lowest BCUT2D eigenvalue weighted by Gasteiger charge is -2.30. The van der Waals surface area contributed by atoms with Crippen LogP contribution >= 0.6 is 0 Å². The summed E-state index contributed by atoms with van der Waals surface area (Å²) in [6, 6.07) is 5.87. The van der Waals surface area contributed by atoms with Crippen molar-refractivity contribution in [1.82, 2.24) is 4.90 Å². The van der Waals surface area contributed by atoms with Crippen molar-refractivity contribution < 1.29 is 14.2 Å². The summed E-state index contributed by atoms with van der Waals surface area (Å²) in [4.78, 5) is 2.29. The number of rotatable bonds is 7. The second-order valence-electron chi connectivity index (χ2n) is 5.16. The summed E-state index contributed by atoms with van der Waals surface area (Å²) < 4.78 is 17.0. The van der Waals surface area contributed by atoms with Gasteiger partial charge in [-0.3, -0.25) is 0 Å². The van der Waals surface area contributed by atoms with Gasteiger partial charge in [0.1, 0.15) is 11.5 Å². The van der Waals surface area contributed by atoms with E-state index in [1.807, 2.05) is 32.0 Å². The van der Waals surface area contributed by atoms with E-state index in [0.717, 1.165) is 43.4 Å². The first-order valence-electron chi connectivity index (χ1n) is 7.66. The maximum Gasteiger partial charge on any atom is 0.142 e. The predicted octanol–water partition coefficient (Wildman–Crippen LogP) is 2.23. The number of hydrogen-bond acceptors (Lipinski definition) is 5. The molecule has 1 aromatic carbocycles. The first-order valence-corrected chi connectivity index (χ1v) is 7.66. The zero-order valence-electron chi connectivity index (χ0n) is 13.2. The molecule has 118 valence electrons. The highest BCUT2D eigenvalue weighted by molar-refractivity contribution is 5.59. The van der Waals surface area contributed by atoms with E-state index in [2.05, 4.69) is 17.3 Å². The summed E-state index contributed by atoms with van der Waals surface area (Å²) in [6.45, 7) is 8.77. The van der Waals surface area contributed by atoms with Gasteiger partial charge in [0, 0.05) is 25.7 Å². The topological polar surface area (TPSA) is 43.0 Å². The summed E-state index contributed by atoms with van der Waals surface area (Å²) in [7, 11) is 2.12. The highest BCUT2D eigenvalue weighted by Crippen LogP contribution is 2.29. The number of nitrogens with one attached hydrogen (secondary N) is 1. The lowest BCUT2D eigenvalue weighted by Crippen LogP contribution is -2.43. The van der Waals surface area contributed by atoms with Gasteiger partial charge in [-0.1, -0.05) is 0 Å². The van der Waals surface area contributed by atoms with Crippen LogP contribution in [0.15, 0.2) is 18.2 Å². The van der Waals surface area contributed by atoms with E-state index in [1.54, 1.807) is 0 Å². The molecule has 1 unspecified atom stereocenters.